The Labute approximate surface area is 136 Å². The van der Waals surface area contributed by atoms with Crippen LogP contribution in [0.4, 0.5) is 0 Å². The SMILES string of the molecule is CC(C)C[C@H](NC(=O)[C@@H](N)Cc1ccccc1)C(=O)NCC=O. The van der Waals surface area contributed by atoms with Gasteiger partial charge < -0.3 is 21.2 Å². The molecule has 0 aliphatic carbocycles. The number of carbonyl (C=O) groups is 3. The van der Waals surface area contributed by atoms with Crippen LogP contribution in [0.25, 0.3) is 0 Å². The fourth-order valence-corrected chi connectivity index (χ4v) is 2.21. The first-order chi connectivity index (χ1) is 10.9. The summed E-state index contributed by atoms with van der Waals surface area (Å²) in [6, 6.07) is 8.04. The van der Waals surface area contributed by atoms with E-state index in [0.29, 0.717) is 19.1 Å². The Kier molecular flexibility index (Phi) is 7.97. The van der Waals surface area contributed by atoms with E-state index in [0.717, 1.165) is 5.56 Å². The summed E-state index contributed by atoms with van der Waals surface area (Å²) < 4.78 is 0. The molecule has 23 heavy (non-hydrogen) atoms. The van der Waals surface area contributed by atoms with E-state index in [4.69, 9.17) is 5.73 Å². The van der Waals surface area contributed by atoms with Crippen LogP contribution in [-0.4, -0.2) is 36.7 Å². The Bertz CT molecular complexity index is 517. The lowest BCUT2D eigenvalue weighted by molar-refractivity contribution is -0.130. The maximum Gasteiger partial charge on any atom is 0.242 e. The molecule has 1 rings (SSSR count). The maximum atomic E-state index is 12.2. The molecule has 126 valence electrons. The zero-order chi connectivity index (χ0) is 17.2. The van der Waals surface area contributed by atoms with Crippen LogP contribution in [0.5, 0.6) is 0 Å². The third kappa shape index (κ3) is 7.06. The third-order valence-corrected chi connectivity index (χ3v) is 3.33. The Hall–Kier alpha value is -2.21. The van der Waals surface area contributed by atoms with Gasteiger partial charge in [0.1, 0.15) is 12.3 Å². The zero-order valence-corrected chi connectivity index (χ0v) is 13.6. The number of nitrogens with two attached hydrogens (primary N) is 1. The van der Waals surface area contributed by atoms with Crippen molar-refractivity contribution in [2.75, 3.05) is 6.54 Å². The van der Waals surface area contributed by atoms with Crippen LogP contribution < -0.4 is 16.4 Å². The summed E-state index contributed by atoms with van der Waals surface area (Å²) in [6.45, 7) is 3.84. The Morgan fingerprint density at radius 1 is 1.17 bits per heavy atom. The largest absolute Gasteiger partial charge is 0.348 e. The van der Waals surface area contributed by atoms with Crippen molar-refractivity contribution in [2.45, 2.75) is 38.8 Å². The van der Waals surface area contributed by atoms with Crippen molar-refractivity contribution in [3.8, 4) is 0 Å². The van der Waals surface area contributed by atoms with Gasteiger partial charge in [0.2, 0.25) is 11.8 Å². The number of rotatable bonds is 9. The highest BCUT2D eigenvalue weighted by molar-refractivity contribution is 5.90. The second-order valence-corrected chi connectivity index (χ2v) is 5.90. The van der Waals surface area contributed by atoms with Crippen LogP contribution in [0.2, 0.25) is 0 Å². The van der Waals surface area contributed by atoms with E-state index in [9.17, 15) is 14.4 Å². The average Bonchev–Trinajstić information content (AvgIpc) is 2.52. The van der Waals surface area contributed by atoms with Crippen LogP contribution in [0.3, 0.4) is 0 Å². The van der Waals surface area contributed by atoms with E-state index < -0.39 is 12.1 Å². The lowest BCUT2D eigenvalue weighted by Gasteiger charge is -2.21. The van der Waals surface area contributed by atoms with Crippen LogP contribution in [0, 0.1) is 5.92 Å². The second-order valence-electron chi connectivity index (χ2n) is 5.90. The Morgan fingerprint density at radius 2 is 1.83 bits per heavy atom. The van der Waals surface area contributed by atoms with Crippen molar-refractivity contribution in [1.82, 2.24) is 10.6 Å². The topological polar surface area (TPSA) is 101 Å². The molecule has 0 unspecified atom stereocenters. The van der Waals surface area contributed by atoms with Gasteiger partial charge in [-0.3, -0.25) is 9.59 Å². The van der Waals surface area contributed by atoms with Gasteiger partial charge in [-0.05, 0) is 24.3 Å². The highest BCUT2D eigenvalue weighted by Gasteiger charge is 2.24. The predicted octanol–water partition coefficient (Wildman–Crippen LogP) is 0.402. The smallest absolute Gasteiger partial charge is 0.242 e. The molecule has 0 saturated carbocycles. The van der Waals surface area contributed by atoms with Crippen molar-refractivity contribution >= 4 is 18.1 Å². The summed E-state index contributed by atoms with van der Waals surface area (Å²) in [5.41, 5.74) is 6.89. The van der Waals surface area contributed by atoms with E-state index in [1.54, 1.807) is 0 Å². The molecule has 0 radical (unpaired) electrons. The average molecular weight is 319 g/mol. The van der Waals surface area contributed by atoms with Crippen molar-refractivity contribution in [3.63, 3.8) is 0 Å². The minimum atomic E-state index is -0.731. The van der Waals surface area contributed by atoms with Gasteiger partial charge in [-0.25, -0.2) is 0 Å². The molecule has 0 aliphatic rings. The Balaban J connectivity index is 2.63. The molecule has 0 spiro atoms. The summed E-state index contributed by atoms with van der Waals surface area (Å²) in [6.07, 6.45) is 1.48. The first kappa shape index (κ1) is 18.8. The van der Waals surface area contributed by atoms with Gasteiger partial charge >= 0.3 is 0 Å². The minimum absolute atomic E-state index is 0.0701. The van der Waals surface area contributed by atoms with Crippen molar-refractivity contribution in [2.24, 2.45) is 11.7 Å². The van der Waals surface area contributed by atoms with E-state index >= 15 is 0 Å². The standard InChI is InChI=1S/C17H25N3O3/c1-12(2)10-15(17(23)19-8-9-21)20-16(22)14(18)11-13-6-4-3-5-7-13/h3-7,9,12,14-15H,8,10-11,18H2,1-2H3,(H,19,23)(H,20,22)/t14-,15-/m0/s1. The number of carbonyl (C=O) groups excluding carboxylic acids is 3. The highest BCUT2D eigenvalue weighted by atomic mass is 16.2. The van der Waals surface area contributed by atoms with E-state index in [1.165, 1.54) is 0 Å². The number of benzene rings is 1. The molecule has 2 amide bonds. The summed E-state index contributed by atoms with van der Waals surface area (Å²) in [4.78, 5) is 34.6. The molecule has 0 aliphatic heterocycles. The summed E-state index contributed by atoms with van der Waals surface area (Å²) in [7, 11) is 0. The summed E-state index contributed by atoms with van der Waals surface area (Å²) in [5, 5.41) is 5.15. The van der Waals surface area contributed by atoms with Crippen LogP contribution in [0.15, 0.2) is 30.3 Å². The van der Waals surface area contributed by atoms with E-state index in [2.05, 4.69) is 10.6 Å². The van der Waals surface area contributed by atoms with Crippen molar-refractivity contribution in [3.05, 3.63) is 35.9 Å². The van der Waals surface area contributed by atoms with Crippen molar-refractivity contribution < 1.29 is 14.4 Å². The molecule has 2 atom stereocenters. The number of nitrogens with one attached hydrogen (secondary N) is 2. The van der Waals surface area contributed by atoms with Gasteiger partial charge in [0.15, 0.2) is 0 Å². The number of aldehydes is 1. The molecular weight excluding hydrogens is 294 g/mol. The van der Waals surface area contributed by atoms with Gasteiger partial charge in [-0.2, -0.15) is 0 Å². The lowest BCUT2D eigenvalue weighted by Crippen LogP contribution is -2.52. The molecular formula is C17H25N3O3. The molecule has 0 aromatic heterocycles. The first-order valence-corrected chi connectivity index (χ1v) is 7.75. The molecule has 1 aromatic rings. The Morgan fingerprint density at radius 3 is 2.39 bits per heavy atom. The molecule has 0 fully saturated rings. The molecule has 0 bridgehead atoms. The van der Waals surface area contributed by atoms with Crippen LogP contribution in [-0.2, 0) is 20.8 Å². The van der Waals surface area contributed by atoms with Crippen LogP contribution >= 0.6 is 0 Å². The number of hydrogen-bond donors (Lipinski definition) is 3. The monoisotopic (exact) mass is 319 g/mol. The molecule has 6 nitrogen and oxygen atoms in total. The van der Waals surface area contributed by atoms with Crippen molar-refractivity contribution in [1.29, 1.82) is 0 Å². The fourth-order valence-electron chi connectivity index (χ4n) is 2.21. The quantitative estimate of drug-likeness (QED) is 0.574. The highest BCUT2D eigenvalue weighted by Crippen LogP contribution is 2.07. The molecule has 6 heteroatoms. The summed E-state index contributed by atoms with van der Waals surface area (Å²) in [5.74, 6) is -0.528. The third-order valence-electron chi connectivity index (χ3n) is 3.33. The van der Waals surface area contributed by atoms with Gasteiger partial charge in [-0.1, -0.05) is 44.2 Å². The molecule has 0 saturated heterocycles. The summed E-state index contributed by atoms with van der Waals surface area (Å²) >= 11 is 0. The lowest BCUT2D eigenvalue weighted by atomic mass is 10.0. The molecule has 0 heterocycles. The first-order valence-electron chi connectivity index (χ1n) is 7.75. The molecule has 4 N–H and O–H groups in total. The number of hydrogen-bond acceptors (Lipinski definition) is 4. The zero-order valence-electron chi connectivity index (χ0n) is 13.6. The second kappa shape index (κ2) is 9.74. The fraction of sp³-hybridized carbons (Fsp3) is 0.471. The maximum absolute atomic E-state index is 12.2. The van der Waals surface area contributed by atoms with E-state index in [-0.39, 0.29) is 24.3 Å². The van der Waals surface area contributed by atoms with Gasteiger partial charge in [0.25, 0.3) is 0 Å². The van der Waals surface area contributed by atoms with Crippen LogP contribution in [0.1, 0.15) is 25.8 Å². The van der Waals surface area contributed by atoms with E-state index in [1.807, 2.05) is 44.2 Å². The molecule has 1 aromatic carbocycles. The van der Waals surface area contributed by atoms with Gasteiger partial charge in [-0.15, -0.1) is 0 Å². The predicted molar refractivity (Wildman–Crippen MR) is 88.6 cm³/mol. The normalized spacial score (nSPS) is 13.2. The minimum Gasteiger partial charge on any atom is -0.348 e. The number of amides is 2. The van der Waals surface area contributed by atoms with Gasteiger partial charge in [0, 0.05) is 0 Å². The van der Waals surface area contributed by atoms with Gasteiger partial charge in [0.05, 0.1) is 12.6 Å².